The molecule has 180 valence electrons. The van der Waals surface area contributed by atoms with E-state index in [-0.39, 0.29) is 12.0 Å². The highest BCUT2D eigenvalue weighted by Gasteiger charge is 2.20. The zero-order valence-electron chi connectivity index (χ0n) is 20.0. The van der Waals surface area contributed by atoms with Gasteiger partial charge in [-0.1, -0.05) is 25.0 Å². The van der Waals surface area contributed by atoms with Gasteiger partial charge in [0.15, 0.2) is 0 Å². The highest BCUT2D eigenvalue weighted by Crippen LogP contribution is 2.34. The summed E-state index contributed by atoms with van der Waals surface area (Å²) in [6.45, 7) is 4.81. The molecule has 0 unspecified atom stereocenters. The van der Waals surface area contributed by atoms with E-state index in [1.54, 1.807) is 0 Å². The molecule has 1 aliphatic heterocycles. The first-order valence-corrected chi connectivity index (χ1v) is 11.6. The fourth-order valence-electron chi connectivity index (χ4n) is 3.63. The summed E-state index contributed by atoms with van der Waals surface area (Å²) in [5, 5.41) is 7.00. The van der Waals surface area contributed by atoms with E-state index >= 15 is 0 Å². The minimum absolute atomic E-state index is 0.0808. The first-order chi connectivity index (χ1) is 17.1. The maximum absolute atomic E-state index is 12.7. The number of carbonyl (C=O) groups is 1. The number of aromatic nitrogens is 2. The van der Waals surface area contributed by atoms with E-state index in [0.29, 0.717) is 42.5 Å². The lowest BCUT2D eigenvalue weighted by atomic mass is 10.1. The number of hydrogen-bond acceptors (Lipinski definition) is 7. The third kappa shape index (κ3) is 6.35. The smallest absolute Gasteiger partial charge is 0.248 e. The number of terminal acetylenes is 1. The summed E-state index contributed by atoms with van der Waals surface area (Å²) in [6.07, 6.45) is 11.1. The number of carbonyl (C=O) groups excluding carboxylic acids is 1. The monoisotopic (exact) mass is 471 g/mol. The number of fused-ring (bicyclic) bond motifs is 1. The van der Waals surface area contributed by atoms with Crippen LogP contribution in [0.4, 0.5) is 17.2 Å². The standard InChI is InChI=1S/C27H29N5O3/c1-4-19-8-6-9-20(14-19)30-27-22-15-24(31-26(33)10-7-12-32(3)5-2)25(16-23(22)28-18-29-27)35-21-11-13-34-17-21/h1,6-10,14-16,18,21H,5,11-13,17H2,2-3H3,(H,31,33)(H,28,29,30)/t21-/m0/s1. The number of ether oxygens (including phenoxy) is 2. The second-order valence-corrected chi connectivity index (χ2v) is 8.29. The van der Waals surface area contributed by atoms with Crippen LogP contribution in [0.1, 0.15) is 18.9 Å². The van der Waals surface area contributed by atoms with Crippen LogP contribution in [0.2, 0.25) is 0 Å². The molecular weight excluding hydrogens is 442 g/mol. The van der Waals surface area contributed by atoms with Crippen LogP contribution in [0.5, 0.6) is 5.75 Å². The molecule has 8 nitrogen and oxygen atoms in total. The largest absolute Gasteiger partial charge is 0.486 e. The van der Waals surface area contributed by atoms with Crippen molar-refractivity contribution in [2.45, 2.75) is 19.4 Å². The SMILES string of the molecule is C#Cc1cccc(Nc2ncnc3cc(O[C@H]4CCOC4)c(NC(=O)C=CCN(C)CC)cc23)c1. The van der Waals surface area contributed by atoms with Gasteiger partial charge in [0.25, 0.3) is 0 Å². The molecule has 0 saturated carbocycles. The van der Waals surface area contributed by atoms with E-state index in [9.17, 15) is 4.79 Å². The minimum Gasteiger partial charge on any atom is -0.486 e. The fourth-order valence-corrected chi connectivity index (χ4v) is 3.63. The van der Waals surface area contributed by atoms with Gasteiger partial charge in [0.05, 0.1) is 24.4 Å². The molecule has 1 aliphatic rings. The first-order valence-electron chi connectivity index (χ1n) is 11.6. The summed E-state index contributed by atoms with van der Waals surface area (Å²) in [5.41, 5.74) is 2.79. The number of likely N-dealkylation sites (N-methyl/N-ethyl adjacent to an activating group) is 1. The van der Waals surface area contributed by atoms with Crippen LogP contribution in [0.15, 0.2) is 54.9 Å². The normalized spacial score (nSPS) is 15.4. The number of nitrogens with one attached hydrogen (secondary N) is 2. The minimum atomic E-state index is -0.241. The summed E-state index contributed by atoms with van der Waals surface area (Å²) in [7, 11) is 2.00. The summed E-state index contributed by atoms with van der Waals surface area (Å²) >= 11 is 0. The Morgan fingerprint density at radius 2 is 2.23 bits per heavy atom. The molecule has 0 spiro atoms. The van der Waals surface area contributed by atoms with Crippen molar-refractivity contribution in [1.82, 2.24) is 14.9 Å². The highest BCUT2D eigenvalue weighted by molar-refractivity contribution is 6.03. The van der Waals surface area contributed by atoms with Gasteiger partial charge in [0.2, 0.25) is 5.91 Å². The van der Waals surface area contributed by atoms with Crippen LogP contribution in [0.25, 0.3) is 10.9 Å². The number of rotatable bonds is 9. The Labute approximate surface area is 205 Å². The topological polar surface area (TPSA) is 88.6 Å². The average Bonchev–Trinajstić information content (AvgIpc) is 3.38. The average molecular weight is 472 g/mol. The van der Waals surface area contributed by atoms with Crippen LogP contribution >= 0.6 is 0 Å². The van der Waals surface area contributed by atoms with Gasteiger partial charge < -0.3 is 25.0 Å². The molecule has 1 atom stereocenters. The number of anilines is 3. The van der Waals surface area contributed by atoms with Crippen molar-refractivity contribution in [2.75, 3.05) is 44.0 Å². The summed E-state index contributed by atoms with van der Waals surface area (Å²) in [5.74, 6) is 3.53. The molecular formula is C27H29N5O3. The van der Waals surface area contributed by atoms with Gasteiger partial charge in [-0.15, -0.1) is 6.42 Å². The van der Waals surface area contributed by atoms with Crippen LogP contribution < -0.4 is 15.4 Å². The Bertz CT molecular complexity index is 1260. The quantitative estimate of drug-likeness (QED) is 0.361. The lowest BCUT2D eigenvalue weighted by molar-refractivity contribution is -0.111. The second-order valence-electron chi connectivity index (χ2n) is 8.29. The Morgan fingerprint density at radius 3 is 3.00 bits per heavy atom. The van der Waals surface area contributed by atoms with Gasteiger partial charge in [0.1, 0.15) is 24.0 Å². The number of amides is 1. The maximum Gasteiger partial charge on any atom is 0.248 e. The third-order valence-corrected chi connectivity index (χ3v) is 5.69. The van der Waals surface area contributed by atoms with E-state index < -0.39 is 0 Å². The lowest BCUT2D eigenvalue weighted by Crippen LogP contribution is -2.19. The molecule has 4 rings (SSSR count). The van der Waals surface area contributed by atoms with Gasteiger partial charge in [-0.3, -0.25) is 4.79 Å². The van der Waals surface area contributed by atoms with Crippen LogP contribution in [0.3, 0.4) is 0 Å². The van der Waals surface area contributed by atoms with Gasteiger partial charge in [0, 0.05) is 41.7 Å². The molecule has 3 aromatic rings. The Kier molecular flexibility index (Phi) is 7.93. The maximum atomic E-state index is 12.7. The third-order valence-electron chi connectivity index (χ3n) is 5.69. The van der Waals surface area contributed by atoms with Crippen molar-refractivity contribution in [3.63, 3.8) is 0 Å². The van der Waals surface area contributed by atoms with Crippen molar-refractivity contribution in [3.05, 3.63) is 60.4 Å². The van der Waals surface area contributed by atoms with Crippen molar-refractivity contribution >= 4 is 34.0 Å². The van der Waals surface area contributed by atoms with Gasteiger partial charge >= 0.3 is 0 Å². The fraction of sp³-hybridized carbons (Fsp3) is 0.296. The van der Waals surface area contributed by atoms with E-state index in [2.05, 4.69) is 38.3 Å². The van der Waals surface area contributed by atoms with E-state index in [4.69, 9.17) is 15.9 Å². The molecule has 2 N–H and O–H groups in total. The van der Waals surface area contributed by atoms with Gasteiger partial charge in [-0.2, -0.15) is 0 Å². The molecule has 8 heteroatoms. The van der Waals surface area contributed by atoms with E-state index in [1.807, 2.05) is 49.5 Å². The highest BCUT2D eigenvalue weighted by atomic mass is 16.5. The lowest BCUT2D eigenvalue weighted by Gasteiger charge is -2.18. The number of benzene rings is 2. The molecule has 0 bridgehead atoms. The molecule has 1 fully saturated rings. The van der Waals surface area contributed by atoms with Crippen molar-refractivity contribution in [3.8, 4) is 18.1 Å². The summed E-state index contributed by atoms with van der Waals surface area (Å²) in [4.78, 5) is 23.6. The molecule has 2 aromatic carbocycles. The number of hydrogen-bond donors (Lipinski definition) is 2. The molecule has 35 heavy (non-hydrogen) atoms. The van der Waals surface area contributed by atoms with Crippen molar-refractivity contribution in [1.29, 1.82) is 0 Å². The zero-order chi connectivity index (χ0) is 24.6. The summed E-state index contributed by atoms with van der Waals surface area (Å²) in [6, 6.07) is 11.2. The number of nitrogens with zero attached hydrogens (tertiary/aromatic N) is 3. The Morgan fingerprint density at radius 1 is 1.34 bits per heavy atom. The predicted molar refractivity (Wildman–Crippen MR) is 138 cm³/mol. The molecule has 0 aliphatic carbocycles. The van der Waals surface area contributed by atoms with E-state index in [1.165, 1.54) is 12.4 Å². The van der Waals surface area contributed by atoms with Gasteiger partial charge in [-0.25, -0.2) is 9.97 Å². The molecule has 2 heterocycles. The van der Waals surface area contributed by atoms with Crippen LogP contribution in [0, 0.1) is 12.3 Å². The molecule has 1 saturated heterocycles. The van der Waals surface area contributed by atoms with Crippen LogP contribution in [-0.2, 0) is 9.53 Å². The molecule has 1 aromatic heterocycles. The van der Waals surface area contributed by atoms with Crippen molar-refractivity contribution < 1.29 is 14.3 Å². The zero-order valence-corrected chi connectivity index (χ0v) is 20.0. The Balaban J connectivity index is 1.66. The van der Waals surface area contributed by atoms with E-state index in [0.717, 1.165) is 29.6 Å². The predicted octanol–water partition coefficient (Wildman–Crippen LogP) is 3.97. The van der Waals surface area contributed by atoms with Crippen LogP contribution in [-0.4, -0.2) is 60.2 Å². The molecule has 0 radical (unpaired) electrons. The molecule has 1 amide bonds. The Hall–Kier alpha value is -3.93. The first kappa shape index (κ1) is 24.2. The second kappa shape index (κ2) is 11.5. The van der Waals surface area contributed by atoms with Gasteiger partial charge in [-0.05, 0) is 37.9 Å². The summed E-state index contributed by atoms with van der Waals surface area (Å²) < 4.78 is 11.6. The van der Waals surface area contributed by atoms with Crippen molar-refractivity contribution in [2.24, 2.45) is 0 Å².